The van der Waals surface area contributed by atoms with Gasteiger partial charge in [0.05, 0.1) is 0 Å². The summed E-state index contributed by atoms with van der Waals surface area (Å²) in [6, 6.07) is 7.35. The van der Waals surface area contributed by atoms with Crippen LogP contribution in [-0.4, -0.2) is 26.5 Å². The van der Waals surface area contributed by atoms with Gasteiger partial charge >= 0.3 is 0 Å². The third kappa shape index (κ3) is 5.20. The molecule has 0 saturated heterocycles. The molecule has 0 unspecified atom stereocenters. The van der Waals surface area contributed by atoms with E-state index in [0.29, 0.717) is 10.8 Å². The van der Waals surface area contributed by atoms with Crippen molar-refractivity contribution in [2.24, 2.45) is 0 Å². The standard InChI is InChI=1S/C14H19N3O2S2/c1-12-5-6-14(20-12)21(18,19)17-9-3-8-16-11-13-4-2-7-15-10-13/h2,4-7,10,16-17H,3,8-9,11H2,1H3. The number of rotatable bonds is 8. The predicted molar refractivity (Wildman–Crippen MR) is 84.8 cm³/mol. The van der Waals surface area contributed by atoms with E-state index in [1.807, 2.05) is 31.3 Å². The Morgan fingerprint density at radius 2 is 2.10 bits per heavy atom. The van der Waals surface area contributed by atoms with Crippen LogP contribution in [0.1, 0.15) is 16.9 Å². The summed E-state index contributed by atoms with van der Waals surface area (Å²) in [5.74, 6) is 0. The molecule has 2 aromatic heterocycles. The maximum Gasteiger partial charge on any atom is 0.250 e. The van der Waals surface area contributed by atoms with Crippen molar-refractivity contribution in [3.8, 4) is 0 Å². The average Bonchev–Trinajstić information content (AvgIpc) is 2.91. The number of hydrogen-bond acceptors (Lipinski definition) is 5. The third-order valence-electron chi connectivity index (χ3n) is 2.85. The van der Waals surface area contributed by atoms with Gasteiger partial charge in [0.2, 0.25) is 10.0 Å². The van der Waals surface area contributed by atoms with Gasteiger partial charge in [-0.05, 0) is 43.7 Å². The molecule has 5 nitrogen and oxygen atoms in total. The van der Waals surface area contributed by atoms with Crippen molar-refractivity contribution in [2.75, 3.05) is 13.1 Å². The normalized spacial score (nSPS) is 11.7. The SMILES string of the molecule is Cc1ccc(S(=O)(=O)NCCCNCc2cccnc2)s1. The van der Waals surface area contributed by atoms with Crippen molar-refractivity contribution in [2.45, 2.75) is 24.1 Å². The summed E-state index contributed by atoms with van der Waals surface area (Å²) in [5.41, 5.74) is 1.12. The molecule has 0 saturated carbocycles. The van der Waals surface area contributed by atoms with Crippen LogP contribution in [0.15, 0.2) is 40.9 Å². The summed E-state index contributed by atoms with van der Waals surface area (Å²) in [6.07, 6.45) is 4.29. The fraction of sp³-hybridized carbons (Fsp3) is 0.357. The Balaban J connectivity index is 1.66. The van der Waals surface area contributed by atoms with E-state index < -0.39 is 10.0 Å². The molecule has 0 amide bonds. The first-order valence-corrected chi connectivity index (χ1v) is 9.03. The topological polar surface area (TPSA) is 71.1 Å². The average molecular weight is 325 g/mol. The molecule has 0 aliphatic heterocycles. The minimum atomic E-state index is -3.35. The van der Waals surface area contributed by atoms with E-state index in [4.69, 9.17) is 0 Å². The molecule has 2 rings (SSSR count). The molecular formula is C14H19N3O2S2. The van der Waals surface area contributed by atoms with Crippen LogP contribution in [-0.2, 0) is 16.6 Å². The van der Waals surface area contributed by atoms with Gasteiger partial charge in [-0.1, -0.05) is 6.07 Å². The summed E-state index contributed by atoms with van der Waals surface area (Å²) in [6.45, 7) is 3.82. The fourth-order valence-corrected chi connectivity index (χ4v) is 4.18. The largest absolute Gasteiger partial charge is 0.313 e. The molecule has 0 atom stereocenters. The molecule has 0 spiro atoms. The first kappa shape index (κ1) is 16.1. The molecule has 2 N–H and O–H groups in total. The van der Waals surface area contributed by atoms with Crippen LogP contribution in [0, 0.1) is 6.92 Å². The van der Waals surface area contributed by atoms with Gasteiger partial charge < -0.3 is 5.32 Å². The smallest absolute Gasteiger partial charge is 0.250 e. The van der Waals surface area contributed by atoms with Gasteiger partial charge in [0.15, 0.2) is 0 Å². The Morgan fingerprint density at radius 3 is 2.76 bits per heavy atom. The van der Waals surface area contributed by atoms with Crippen LogP contribution in [0.25, 0.3) is 0 Å². The highest BCUT2D eigenvalue weighted by Crippen LogP contribution is 2.19. The Labute approximate surface area is 129 Å². The van der Waals surface area contributed by atoms with Crippen molar-refractivity contribution < 1.29 is 8.42 Å². The molecule has 0 radical (unpaired) electrons. The number of sulfonamides is 1. The summed E-state index contributed by atoms with van der Waals surface area (Å²) in [7, 11) is -3.35. The Hall–Kier alpha value is -1.28. The van der Waals surface area contributed by atoms with Gasteiger partial charge in [-0.25, -0.2) is 13.1 Å². The summed E-state index contributed by atoms with van der Waals surface area (Å²) >= 11 is 1.29. The molecule has 0 bridgehead atoms. The van der Waals surface area contributed by atoms with E-state index in [9.17, 15) is 8.42 Å². The van der Waals surface area contributed by atoms with Crippen molar-refractivity contribution >= 4 is 21.4 Å². The quantitative estimate of drug-likeness (QED) is 0.727. The van der Waals surface area contributed by atoms with E-state index in [0.717, 1.165) is 30.0 Å². The second-order valence-corrected chi connectivity index (χ2v) is 7.94. The van der Waals surface area contributed by atoms with Gasteiger partial charge in [0.25, 0.3) is 0 Å². The van der Waals surface area contributed by atoms with Crippen LogP contribution >= 0.6 is 11.3 Å². The minimum absolute atomic E-state index is 0.378. The lowest BCUT2D eigenvalue weighted by molar-refractivity contribution is 0.575. The summed E-state index contributed by atoms with van der Waals surface area (Å²) in [5, 5.41) is 3.26. The van der Waals surface area contributed by atoms with Crippen molar-refractivity contribution in [1.29, 1.82) is 0 Å². The van der Waals surface area contributed by atoms with Crippen LogP contribution in [0.4, 0.5) is 0 Å². The van der Waals surface area contributed by atoms with Crippen LogP contribution in [0.2, 0.25) is 0 Å². The predicted octanol–water partition coefficient (Wildman–Crippen LogP) is 1.91. The van der Waals surface area contributed by atoms with Gasteiger partial charge in [-0.3, -0.25) is 4.98 Å². The Morgan fingerprint density at radius 1 is 1.24 bits per heavy atom. The van der Waals surface area contributed by atoms with Crippen LogP contribution < -0.4 is 10.0 Å². The van der Waals surface area contributed by atoms with E-state index in [-0.39, 0.29) is 0 Å². The third-order valence-corrected chi connectivity index (χ3v) is 5.81. The number of nitrogens with one attached hydrogen (secondary N) is 2. The van der Waals surface area contributed by atoms with Gasteiger partial charge in [0, 0.05) is 30.4 Å². The number of aryl methyl sites for hydroxylation is 1. The zero-order valence-electron chi connectivity index (χ0n) is 11.9. The molecule has 0 aliphatic carbocycles. The zero-order chi connectivity index (χ0) is 15.1. The Kier molecular flexibility index (Phi) is 5.86. The molecule has 0 aromatic carbocycles. The lowest BCUT2D eigenvalue weighted by Crippen LogP contribution is -2.26. The summed E-state index contributed by atoms with van der Waals surface area (Å²) in [4.78, 5) is 5.03. The van der Waals surface area contributed by atoms with E-state index in [1.165, 1.54) is 11.3 Å². The number of nitrogens with zero attached hydrogens (tertiary/aromatic N) is 1. The Bertz CT molecular complexity index is 654. The monoisotopic (exact) mass is 325 g/mol. The maximum atomic E-state index is 12.0. The van der Waals surface area contributed by atoms with Gasteiger partial charge in [0.1, 0.15) is 4.21 Å². The highest BCUT2D eigenvalue weighted by atomic mass is 32.2. The highest BCUT2D eigenvalue weighted by molar-refractivity contribution is 7.91. The molecular weight excluding hydrogens is 306 g/mol. The van der Waals surface area contributed by atoms with Crippen molar-refractivity contribution in [3.05, 3.63) is 47.1 Å². The lowest BCUT2D eigenvalue weighted by atomic mass is 10.3. The van der Waals surface area contributed by atoms with E-state index >= 15 is 0 Å². The zero-order valence-corrected chi connectivity index (χ0v) is 13.5. The second kappa shape index (κ2) is 7.65. The molecule has 0 aliphatic rings. The van der Waals surface area contributed by atoms with Crippen molar-refractivity contribution in [1.82, 2.24) is 15.0 Å². The molecule has 21 heavy (non-hydrogen) atoms. The number of pyridine rings is 1. The van der Waals surface area contributed by atoms with Crippen LogP contribution in [0.3, 0.4) is 0 Å². The minimum Gasteiger partial charge on any atom is -0.313 e. The molecule has 2 aromatic rings. The molecule has 0 fully saturated rings. The van der Waals surface area contributed by atoms with Crippen LogP contribution in [0.5, 0.6) is 0 Å². The fourth-order valence-electron chi connectivity index (χ4n) is 1.78. The van der Waals surface area contributed by atoms with E-state index in [2.05, 4.69) is 15.0 Å². The molecule has 2 heterocycles. The number of hydrogen-bond donors (Lipinski definition) is 2. The molecule has 114 valence electrons. The first-order chi connectivity index (χ1) is 10.1. The van der Waals surface area contributed by atoms with Gasteiger partial charge in [-0.2, -0.15) is 0 Å². The number of aromatic nitrogens is 1. The summed E-state index contributed by atoms with van der Waals surface area (Å²) < 4.78 is 26.9. The highest BCUT2D eigenvalue weighted by Gasteiger charge is 2.14. The second-order valence-electron chi connectivity index (χ2n) is 4.65. The van der Waals surface area contributed by atoms with Crippen molar-refractivity contribution in [3.63, 3.8) is 0 Å². The van der Waals surface area contributed by atoms with Gasteiger partial charge in [-0.15, -0.1) is 11.3 Å². The first-order valence-electron chi connectivity index (χ1n) is 6.74. The van der Waals surface area contributed by atoms with E-state index in [1.54, 1.807) is 12.3 Å². The lowest BCUT2D eigenvalue weighted by Gasteiger charge is -2.06. The maximum absolute atomic E-state index is 12.0. The number of thiophene rings is 1. The molecule has 7 heteroatoms.